The Morgan fingerprint density at radius 1 is 0.955 bits per heavy atom. The van der Waals surface area contributed by atoms with Crippen LogP contribution in [0.2, 0.25) is 0 Å². The zero-order valence-corrected chi connectivity index (χ0v) is 13.0. The van der Waals surface area contributed by atoms with Crippen molar-refractivity contribution in [1.29, 1.82) is 0 Å². The highest BCUT2D eigenvalue weighted by Crippen LogP contribution is 2.25. The van der Waals surface area contributed by atoms with Gasteiger partial charge in [-0.25, -0.2) is 8.78 Å². The number of rotatable bonds is 4. The molecule has 0 amide bonds. The molecule has 22 heavy (non-hydrogen) atoms. The van der Waals surface area contributed by atoms with Gasteiger partial charge in [-0.15, -0.1) is 0 Å². The summed E-state index contributed by atoms with van der Waals surface area (Å²) in [4.78, 5) is 2.31. The van der Waals surface area contributed by atoms with Crippen LogP contribution in [0.4, 0.5) is 8.78 Å². The van der Waals surface area contributed by atoms with Gasteiger partial charge >= 0.3 is 0 Å². The van der Waals surface area contributed by atoms with E-state index >= 15 is 0 Å². The summed E-state index contributed by atoms with van der Waals surface area (Å²) in [6.45, 7) is 2.85. The van der Waals surface area contributed by atoms with E-state index in [0.29, 0.717) is 12.0 Å². The molecule has 0 N–H and O–H groups in total. The molecule has 3 heteroatoms. The van der Waals surface area contributed by atoms with E-state index in [1.165, 1.54) is 31.4 Å². The highest BCUT2D eigenvalue weighted by atomic mass is 19.1. The van der Waals surface area contributed by atoms with E-state index in [2.05, 4.69) is 11.0 Å². The summed E-state index contributed by atoms with van der Waals surface area (Å²) in [6, 6.07) is 2.96. The number of benzene rings is 1. The van der Waals surface area contributed by atoms with E-state index in [0.717, 1.165) is 38.0 Å². The van der Waals surface area contributed by atoms with Crippen molar-refractivity contribution in [1.82, 2.24) is 4.90 Å². The molecule has 1 aromatic rings. The maximum Gasteiger partial charge on any atom is 0.129 e. The topological polar surface area (TPSA) is 3.24 Å². The third-order valence-electron chi connectivity index (χ3n) is 4.60. The predicted octanol–water partition coefficient (Wildman–Crippen LogP) is 4.73. The van der Waals surface area contributed by atoms with E-state index < -0.39 is 11.6 Å². The minimum Gasteiger partial charge on any atom is -0.303 e. The summed E-state index contributed by atoms with van der Waals surface area (Å²) in [5, 5.41) is 0. The van der Waals surface area contributed by atoms with E-state index in [9.17, 15) is 8.78 Å². The highest BCUT2D eigenvalue weighted by molar-refractivity contribution is 5.75. The van der Waals surface area contributed by atoms with Crippen LogP contribution in [-0.2, 0) is 6.42 Å². The molecule has 0 bridgehead atoms. The average Bonchev–Trinajstić information content (AvgIpc) is 2.56. The van der Waals surface area contributed by atoms with Gasteiger partial charge in [-0.3, -0.25) is 0 Å². The first-order chi connectivity index (χ1) is 10.7. The lowest BCUT2D eigenvalue weighted by Crippen LogP contribution is -2.31. The van der Waals surface area contributed by atoms with Crippen molar-refractivity contribution >= 4 is 5.57 Å². The summed E-state index contributed by atoms with van der Waals surface area (Å²) in [5.41, 5.74) is 1.80. The van der Waals surface area contributed by atoms with Crippen LogP contribution in [0.1, 0.15) is 43.2 Å². The van der Waals surface area contributed by atoms with Crippen molar-refractivity contribution < 1.29 is 8.78 Å². The van der Waals surface area contributed by atoms with Gasteiger partial charge in [0.1, 0.15) is 11.6 Å². The van der Waals surface area contributed by atoms with Gasteiger partial charge in [0.05, 0.1) is 0 Å². The van der Waals surface area contributed by atoms with Crippen LogP contribution in [0.3, 0.4) is 0 Å². The molecule has 0 unspecified atom stereocenters. The van der Waals surface area contributed by atoms with Crippen LogP contribution in [-0.4, -0.2) is 24.5 Å². The van der Waals surface area contributed by atoms with Crippen LogP contribution in [0, 0.1) is 11.6 Å². The molecule has 1 heterocycles. The minimum absolute atomic E-state index is 0.231. The van der Waals surface area contributed by atoms with Crippen molar-refractivity contribution in [3.8, 4) is 0 Å². The Hall–Kier alpha value is -1.48. The first-order valence-electron chi connectivity index (χ1n) is 8.31. The number of piperidine rings is 1. The van der Waals surface area contributed by atoms with Gasteiger partial charge in [-0.05, 0) is 68.5 Å². The molecule has 0 aromatic heterocycles. The van der Waals surface area contributed by atoms with Crippen LogP contribution >= 0.6 is 0 Å². The standard InChI is InChI=1S/C19H23F2N/c20-18-13-16(15-7-3-1-4-8-15)14-19(21)17(18)9-12-22-10-5-2-6-11-22/h3,7-8,13-14H,1-2,4-6,9-12H2. The van der Waals surface area contributed by atoms with Gasteiger partial charge in [-0.2, -0.15) is 0 Å². The first-order valence-corrected chi connectivity index (χ1v) is 8.31. The number of hydrogen-bond donors (Lipinski definition) is 0. The van der Waals surface area contributed by atoms with Gasteiger partial charge in [0, 0.05) is 12.1 Å². The molecule has 0 radical (unpaired) electrons. The maximum absolute atomic E-state index is 14.3. The van der Waals surface area contributed by atoms with Crippen LogP contribution in [0.25, 0.3) is 5.57 Å². The molecule has 3 rings (SSSR count). The van der Waals surface area contributed by atoms with Crippen molar-refractivity contribution in [2.45, 2.75) is 38.5 Å². The van der Waals surface area contributed by atoms with E-state index in [1.54, 1.807) is 0 Å². The van der Waals surface area contributed by atoms with Gasteiger partial charge in [0.15, 0.2) is 0 Å². The summed E-state index contributed by atoms with van der Waals surface area (Å²) >= 11 is 0. The monoisotopic (exact) mass is 303 g/mol. The van der Waals surface area contributed by atoms with Gasteiger partial charge in [0.2, 0.25) is 0 Å². The lowest BCUT2D eigenvalue weighted by atomic mass is 9.97. The molecule has 0 saturated carbocycles. The van der Waals surface area contributed by atoms with Crippen molar-refractivity contribution in [3.63, 3.8) is 0 Å². The van der Waals surface area contributed by atoms with E-state index in [-0.39, 0.29) is 5.56 Å². The second-order valence-electron chi connectivity index (χ2n) is 6.21. The molecule has 2 aliphatic rings. The molecule has 1 nitrogen and oxygen atoms in total. The Labute approximate surface area is 131 Å². The average molecular weight is 303 g/mol. The van der Waals surface area contributed by atoms with Crippen molar-refractivity contribution in [2.24, 2.45) is 0 Å². The summed E-state index contributed by atoms with van der Waals surface area (Å²) < 4.78 is 28.6. The summed E-state index contributed by atoms with van der Waals surface area (Å²) in [6.07, 6.45) is 12.1. The summed E-state index contributed by atoms with van der Waals surface area (Å²) in [5.74, 6) is -0.821. The molecule has 0 atom stereocenters. The Bertz CT molecular complexity index is 560. The number of nitrogens with zero attached hydrogens (tertiary/aromatic N) is 1. The Morgan fingerprint density at radius 2 is 1.68 bits per heavy atom. The predicted molar refractivity (Wildman–Crippen MR) is 86.7 cm³/mol. The van der Waals surface area contributed by atoms with Crippen LogP contribution in [0.5, 0.6) is 0 Å². The second-order valence-corrected chi connectivity index (χ2v) is 6.21. The Balaban J connectivity index is 1.72. The molecule has 0 spiro atoms. The Kier molecular flexibility index (Phi) is 5.04. The lowest BCUT2D eigenvalue weighted by molar-refractivity contribution is 0.230. The third kappa shape index (κ3) is 3.64. The second kappa shape index (κ2) is 7.19. The van der Waals surface area contributed by atoms with Crippen LogP contribution in [0.15, 0.2) is 30.4 Å². The fourth-order valence-electron chi connectivity index (χ4n) is 3.29. The fourth-order valence-corrected chi connectivity index (χ4v) is 3.29. The van der Waals surface area contributed by atoms with Gasteiger partial charge in [0.25, 0.3) is 0 Å². The zero-order valence-electron chi connectivity index (χ0n) is 13.0. The van der Waals surface area contributed by atoms with Gasteiger partial charge in [-0.1, -0.05) is 24.6 Å². The molecular formula is C19H23F2N. The largest absolute Gasteiger partial charge is 0.303 e. The normalized spacial score (nSPS) is 19.3. The molecule has 118 valence electrons. The number of likely N-dealkylation sites (tertiary alicyclic amines) is 1. The smallest absolute Gasteiger partial charge is 0.129 e. The van der Waals surface area contributed by atoms with E-state index in [1.807, 2.05) is 12.2 Å². The molecule has 1 aliphatic carbocycles. The maximum atomic E-state index is 14.3. The van der Waals surface area contributed by atoms with Crippen LogP contribution < -0.4 is 0 Å². The summed E-state index contributed by atoms with van der Waals surface area (Å²) in [7, 11) is 0. The minimum atomic E-state index is -0.410. The molecule has 1 saturated heterocycles. The number of allylic oxidation sites excluding steroid dienone is 4. The van der Waals surface area contributed by atoms with E-state index in [4.69, 9.17) is 0 Å². The Morgan fingerprint density at radius 3 is 2.32 bits per heavy atom. The van der Waals surface area contributed by atoms with Crippen molar-refractivity contribution in [3.05, 3.63) is 53.1 Å². The zero-order chi connectivity index (χ0) is 15.4. The number of halogens is 2. The molecule has 1 aromatic carbocycles. The lowest BCUT2D eigenvalue weighted by Gasteiger charge is -2.26. The fraction of sp³-hybridized carbons (Fsp3) is 0.474. The van der Waals surface area contributed by atoms with Crippen molar-refractivity contribution in [2.75, 3.05) is 19.6 Å². The SMILES string of the molecule is Fc1cc(C2=CCCC=C2)cc(F)c1CCN1CCCCC1. The highest BCUT2D eigenvalue weighted by Gasteiger charge is 2.16. The quantitative estimate of drug-likeness (QED) is 0.777. The number of hydrogen-bond acceptors (Lipinski definition) is 1. The third-order valence-corrected chi connectivity index (χ3v) is 4.60. The molecule has 1 aliphatic heterocycles. The van der Waals surface area contributed by atoms with Gasteiger partial charge < -0.3 is 4.90 Å². The molecule has 1 fully saturated rings. The first kappa shape index (κ1) is 15.4. The molecular weight excluding hydrogens is 280 g/mol.